The van der Waals surface area contributed by atoms with Crippen LogP contribution in [0.1, 0.15) is 20.3 Å². The number of nitrogens with two attached hydrogens (primary N) is 1. The molecule has 0 aromatic rings. The van der Waals surface area contributed by atoms with E-state index in [9.17, 15) is 0 Å². The zero-order chi connectivity index (χ0) is 12.7. The first kappa shape index (κ1) is 14.9. The molecule has 4 nitrogen and oxygen atoms in total. The van der Waals surface area contributed by atoms with Gasteiger partial charge in [0.05, 0.1) is 12.7 Å². The van der Waals surface area contributed by atoms with Gasteiger partial charge in [-0.15, -0.1) is 0 Å². The first-order valence-electron chi connectivity index (χ1n) is 6.84. The van der Waals surface area contributed by atoms with Crippen LogP contribution in [-0.2, 0) is 4.74 Å². The van der Waals surface area contributed by atoms with Gasteiger partial charge in [-0.2, -0.15) is 0 Å². The summed E-state index contributed by atoms with van der Waals surface area (Å²) >= 11 is 0. The maximum atomic E-state index is 5.68. The molecule has 1 fully saturated rings. The van der Waals surface area contributed by atoms with Crippen LogP contribution in [0.3, 0.4) is 0 Å². The molecule has 1 atom stereocenters. The summed E-state index contributed by atoms with van der Waals surface area (Å²) in [6, 6.07) is 0. The summed E-state index contributed by atoms with van der Waals surface area (Å²) in [5.74, 6) is 0.745. The van der Waals surface area contributed by atoms with Gasteiger partial charge in [0, 0.05) is 32.7 Å². The summed E-state index contributed by atoms with van der Waals surface area (Å²) in [6.45, 7) is 11.7. The standard InChI is InChI=1S/C13H29N3O/c1-12(2)10-15(3)6-7-16-8-9-17-13(11-16)4-5-14/h12-13H,4-11,14H2,1-3H3/t13-/m1/s1. The Morgan fingerprint density at radius 3 is 2.88 bits per heavy atom. The topological polar surface area (TPSA) is 41.7 Å². The van der Waals surface area contributed by atoms with Crippen molar-refractivity contribution in [1.82, 2.24) is 9.80 Å². The second-order valence-corrected chi connectivity index (χ2v) is 5.53. The van der Waals surface area contributed by atoms with Gasteiger partial charge in [-0.05, 0) is 25.9 Å². The highest BCUT2D eigenvalue weighted by molar-refractivity contribution is 4.72. The Morgan fingerprint density at radius 2 is 2.24 bits per heavy atom. The molecule has 0 bridgehead atoms. The van der Waals surface area contributed by atoms with Gasteiger partial charge in [-0.25, -0.2) is 0 Å². The van der Waals surface area contributed by atoms with Crippen molar-refractivity contribution in [2.24, 2.45) is 11.7 Å². The molecule has 0 spiro atoms. The van der Waals surface area contributed by atoms with Gasteiger partial charge < -0.3 is 15.4 Å². The lowest BCUT2D eigenvalue weighted by Crippen LogP contribution is -2.46. The van der Waals surface area contributed by atoms with Crippen molar-refractivity contribution >= 4 is 0 Å². The largest absolute Gasteiger partial charge is 0.376 e. The number of rotatable bonds is 7. The molecule has 0 unspecified atom stereocenters. The van der Waals surface area contributed by atoms with E-state index in [1.54, 1.807) is 0 Å². The Balaban J connectivity index is 2.17. The molecule has 1 aliphatic rings. The normalized spacial score (nSPS) is 22.6. The lowest BCUT2D eigenvalue weighted by Gasteiger charge is -2.34. The minimum absolute atomic E-state index is 0.351. The second-order valence-electron chi connectivity index (χ2n) is 5.53. The lowest BCUT2D eigenvalue weighted by molar-refractivity contribution is -0.0324. The third-order valence-corrected chi connectivity index (χ3v) is 3.19. The smallest absolute Gasteiger partial charge is 0.0714 e. The second kappa shape index (κ2) is 8.03. The summed E-state index contributed by atoms with van der Waals surface area (Å²) in [5.41, 5.74) is 5.58. The van der Waals surface area contributed by atoms with Gasteiger partial charge in [-0.1, -0.05) is 13.8 Å². The van der Waals surface area contributed by atoms with Crippen molar-refractivity contribution in [3.05, 3.63) is 0 Å². The van der Waals surface area contributed by atoms with E-state index < -0.39 is 0 Å². The fourth-order valence-electron chi connectivity index (χ4n) is 2.37. The Bertz CT molecular complexity index is 197. The summed E-state index contributed by atoms with van der Waals surface area (Å²) in [7, 11) is 2.21. The molecular weight excluding hydrogens is 214 g/mol. The van der Waals surface area contributed by atoms with E-state index in [1.807, 2.05) is 0 Å². The molecule has 0 aliphatic carbocycles. The monoisotopic (exact) mass is 243 g/mol. The van der Waals surface area contributed by atoms with Crippen LogP contribution in [0.4, 0.5) is 0 Å². The molecule has 17 heavy (non-hydrogen) atoms. The number of morpholine rings is 1. The maximum absolute atomic E-state index is 5.68. The maximum Gasteiger partial charge on any atom is 0.0714 e. The molecule has 1 heterocycles. The quantitative estimate of drug-likeness (QED) is 0.712. The Hall–Kier alpha value is -0.160. The van der Waals surface area contributed by atoms with E-state index in [1.165, 1.54) is 6.54 Å². The van der Waals surface area contributed by atoms with Crippen LogP contribution in [0, 0.1) is 5.92 Å². The fourth-order valence-corrected chi connectivity index (χ4v) is 2.37. The highest BCUT2D eigenvalue weighted by atomic mass is 16.5. The molecule has 0 aromatic heterocycles. The van der Waals surface area contributed by atoms with E-state index in [-0.39, 0.29) is 0 Å². The summed E-state index contributed by atoms with van der Waals surface area (Å²) in [5, 5.41) is 0. The van der Waals surface area contributed by atoms with E-state index in [0.717, 1.165) is 51.7 Å². The van der Waals surface area contributed by atoms with Gasteiger partial charge in [0.1, 0.15) is 0 Å². The van der Waals surface area contributed by atoms with Crippen LogP contribution in [0.2, 0.25) is 0 Å². The van der Waals surface area contributed by atoms with Gasteiger partial charge in [-0.3, -0.25) is 4.90 Å². The molecule has 0 amide bonds. The van der Waals surface area contributed by atoms with Crippen molar-refractivity contribution in [3.63, 3.8) is 0 Å². The van der Waals surface area contributed by atoms with Crippen molar-refractivity contribution in [2.45, 2.75) is 26.4 Å². The van der Waals surface area contributed by atoms with E-state index in [2.05, 4.69) is 30.7 Å². The zero-order valence-electron chi connectivity index (χ0n) is 11.7. The van der Waals surface area contributed by atoms with Crippen molar-refractivity contribution in [2.75, 3.05) is 52.9 Å². The van der Waals surface area contributed by atoms with E-state index in [4.69, 9.17) is 10.5 Å². The van der Waals surface area contributed by atoms with Crippen LogP contribution >= 0.6 is 0 Å². The van der Waals surface area contributed by atoms with Gasteiger partial charge in [0.25, 0.3) is 0 Å². The highest BCUT2D eigenvalue weighted by Gasteiger charge is 2.19. The Labute approximate surface area is 106 Å². The van der Waals surface area contributed by atoms with Crippen LogP contribution in [0.25, 0.3) is 0 Å². The van der Waals surface area contributed by atoms with Gasteiger partial charge >= 0.3 is 0 Å². The Kier molecular flexibility index (Phi) is 7.04. The highest BCUT2D eigenvalue weighted by Crippen LogP contribution is 2.07. The number of likely N-dealkylation sites (N-methyl/N-ethyl adjacent to an activating group) is 1. The van der Waals surface area contributed by atoms with Crippen molar-refractivity contribution < 1.29 is 4.74 Å². The van der Waals surface area contributed by atoms with Crippen LogP contribution in [-0.4, -0.2) is 68.8 Å². The number of hydrogen-bond acceptors (Lipinski definition) is 4. The van der Waals surface area contributed by atoms with E-state index in [0.29, 0.717) is 6.10 Å². The molecule has 1 saturated heterocycles. The van der Waals surface area contributed by atoms with E-state index >= 15 is 0 Å². The van der Waals surface area contributed by atoms with Crippen molar-refractivity contribution in [1.29, 1.82) is 0 Å². The number of hydrogen-bond donors (Lipinski definition) is 1. The molecule has 0 saturated carbocycles. The van der Waals surface area contributed by atoms with Crippen LogP contribution < -0.4 is 5.73 Å². The average molecular weight is 243 g/mol. The molecule has 0 radical (unpaired) electrons. The molecule has 4 heteroatoms. The first-order valence-corrected chi connectivity index (χ1v) is 6.84. The predicted molar refractivity (Wildman–Crippen MR) is 72.2 cm³/mol. The third kappa shape index (κ3) is 6.36. The molecule has 102 valence electrons. The summed E-state index contributed by atoms with van der Waals surface area (Å²) in [6.07, 6.45) is 1.34. The number of ether oxygens (including phenoxy) is 1. The van der Waals surface area contributed by atoms with Crippen LogP contribution in [0.15, 0.2) is 0 Å². The fraction of sp³-hybridized carbons (Fsp3) is 1.00. The molecule has 1 aliphatic heterocycles. The van der Waals surface area contributed by atoms with Gasteiger partial charge in [0.2, 0.25) is 0 Å². The minimum Gasteiger partial charge on any atom is -0.376 e. The molecule has 1 rings (SSSR count). The molecular formula is C13H29N3O. The summed E-state index contributed by atoms with van der Waals surface area (Å²) < 4.78 is 5.68. The molecule has 2 N–H and O–H groups in total. The first-order chi connectivity index (χ1) is 8.11. The third-order valence-electron chi connectivity index (χ3n) is 3.19. The minimum atomic E-state index is 0.351. The van der Waals surface area contributed by atoms with Crippen LogP contribution in [0.5, 0.6) is 0 Å². The lowest BCUT2D eigenvalue weighted by atomic mass is 10.2. The molecule has 0 aromatic carbocycles. The predicted octanol–water partition coefficient (Wildman–Crippen LogP) is 0.624. The van der Waals surface area contributed by atoms with Gasteiger partial charge in [0.15, 0.2) is 0 Å². The zero-order valence-corrected chi connectivity index (χ0v) is 11.7. The summed E-state index contributed by atoms with van der Waals surface area (Å²) in [4.78, 5) is 4.92. The average Bonchev–Trinajstić information content (AvgIpc) is 2.26. The van der Waals surface area contributed by atoms with Crippen molar-refractivity contribution in [3.8, 4) is 0 Å². The number of nitrogens with zero attached hydrogens (tertiary/aromatic N) is 2. The SMILES string of the molecule is CC(C)CN(C)CCN1CCO[C@H](CCN)C1. The Morgan fingerprint density at radius 1 is 1.47 bits per heavy atom.